The maximum absolute atomic E-state index is 13.9. The summed E-state index contributed by atoms with van der Waals surface area (Å²) in [5.74, 6) is -0.252. The summed E-state index contributed by atoms with van der Waals surface area (Å²) in [5, 5.41) is 20.1. The zero-order chi connectivity index (χ0) is 23.9. The molecule has 0 aromatic heterocycles. The van der Waals surface area contributed by atoms with Gasteiger partial charge in [-0.25, -0.2) is 4.39 Å². The number of halogens is 4. The first-order chi connectivity index (χ1) is 14.4. The minimum Gasteiger partial charge on any atom is -0.482 e. The molecule has 31 heavy (non-hydrogen) atoms. The average molecular weight is 450 g/mol. The van der Waals surface area contributed by atoms with E-state index in [4.69, 9.17) is 4.74 Å². The van der Waals surface area contributed by atoms with E-state index < -0.39 is 42.3 Å². The predicted molar refractivity (Wildman–Crippen MR) is 113 cm³/mol. The molecule has 0 amide bonds. The van der Waals surface area contributed by atoms with Crippen LogP contribution in [0.1, 0.15) is 65.9 Å². The summed E-state index contributed by atoms with van der Waals surface area (Å²) < 4.78 is 60.8. The van der Waals surface area contributed by atoms with Crippen LogP contribution in [0.2, 0.25) is 0 Å². The molecular formula is C23H35F4NO3. The number of rotatable bonds is 10. The molecule has 3 atom stereocenters. The number of alkyl halides is 3. The van der Waals surface area contributed by atoms with Crippen molar-refractivity contribution in [1.29, 1.82) is 0 Å². The number of hydrogen-bond acceptors (Lipinski definition) is 4. The number of benzene rings is 1. The van der Waals surface area contributed by atoms with Gasteiger partial charge in [0.15, 0.2) is 5.60 Å². The van der Waals surface area contributed by atoms with E-state index in [1.807, 2.05) is 20.8 Å². The molecule has 0 radical (unpaired) electrons. The number of unbranched alkanes of at least 4 members (excludes halogenated alkanes) is 1. The molecular weight excluding hydrogens is 414 g/mol. The van der Waals surface area contributed by atoms with Gasteiger partial charge in [0.05, 0.1) is 12.6 Å². The van der Waals surface area contributed by atoms with Crippen LogP contribution >= 0.6 is 0 Å². The van der Waals surface area contributed by atoms with Crippen LogP contribution in [-0.4, -0.2) is 46.1 Å². The molecule has 0 bridgehead atoms. The Labute approximate surface area is 182 Å². The molecule has 2 N–H and O–H groups in total. The van der Waals surface area contributed by atoms with Gasteiger partial charge in [-0.05, 0) is 51.1 Å². The third-order valence-electron chi connectivity index (χ3n) is 5.06. The van der Waals surface area contributed by atoms with Gasteiger partial charge >= 0.3 is 6.18 Å². The molecule has 0 saturated carbocycles. The molecule has 0 fully saturated rings. The Morgan fingerprint density at radius 1 is 1.26 bits per heavy atom. The Bertz CT molecular complexity index is 723. The van der Waals surface area contributed by atoms with E-state index in [1.54, 1.807) is 13.0 Å². The SMILES string of the molecule is CC.CCCCN(/C=C\CC(C)O)CC(O)(CC1(C)Oc2ccc(F)cc21)C(F)(F)F. The van der Waals surface area contributed by atoms with Crippen molar-refractivity contribution < 1.29 is 32.5 Å². The Balaban J connectivity index is 0.00000233. The summed E-state index contributed by atoms with van der Waals surface area (Å²) in [6.45, 7) is 8.57. The van der Waals surface area contributed by atoms with Gasteiger partial charge in [0.2, 0.25) is 0 Å². The quantitative estimate of drug-likeness (QED) is 0.461. The summed E-state index contributed by atoms with van der Waals surface area (Å²) >= 11 is 0. The van der Waals surface area contributed by atoms with E-state index in [0.29, 0.717) is 30.7 Å². The van der Waals surface area contributed by atoms with E-state index in [2.05, 4.69) is 0 Å². The van der Waals surface area contributed by atoms with Crippen molar-refractivity contribution in [2.45, 2.75) is 83.8 Å². The molecule has 0 aliphatic carbocycles. The first kappa shape index (κ1) is 27.2. The van der Waals surface area contributed by atoms with E-state index in [-0.39, 0.29) is 0 Å². The fourth-order valence-corrected chi connectivity index (χ4v) is 3.50. The van der Waals surface area contributed by atoms with E-state index >= 15 is 0 Å². The highest BCUT2D eigenvalue weighted by Gasteiger charge is 2.60. The number of aliphatic hydroxyl groups excluding tert-OH is 1. The molecule has 8 heteroatoms. The van der Waals surface area contributed by atoms with Crippen molar-refractivity contribution in [2.75, 3.05) is 13.1 Å². The molecule has 178 valence electrons. The normalized spacial score (nSPS) is 20.6. The Kier molecular flexibility index (Phi) is 9.82. The van der Waals surface area contributed by atoms with Crippen LogP contribution < -0.4 is 4.74 Å². The lowest BCUT2D eigenvalue weighted by Crippen LogP contribution is -2.58. The predicted octanol–water partition coefficient (Wildman–Crippen LogP) is 5.53. The maximum Gasteiger partial charge on any atom is 0.419 e. The lowest BCUT2D eigenvalue weighted by Gasteiger charge is -2.47. The fourth-order valence-electron chi connectivity index (χ4n) is 3.50. The summed E-state index contributed by atoms with van der Waals surface area (Å²) in [6.07, 6.45) is -1.50. The van der Waals surface area contributed by atoms with Crippen LogP contribution in [0.15, 0.2) is 30.5 Å². The highest BCUT2D eigenvalue weighted by Crippen LogP contribution is 2.51. The molecule has 1 aromatic rings. The van der Waals surface area contributed by atoms with Crippen molar-refractivity contribution in [3.05, 3.63) is 41.9 Å². The zero-order valence-electron chi connectivity index (χ0n) is 19.0. The van der Waals surface area contributed by atoms with Crippen molar-refractivity contribution in [2.24, 2.45) is 0 Å². The molecule has 2 rings (SSSR count). The molecule has 1 heterocycles. The molecule has 1 aliphatic heterocycles. The van der Waals surface area contributed by atoms with E-state index in [0.717, 1.165) is 12.5 Å². The number of nitrogens with zero attached hydrogens (tertiary/aromatic N) is 1. The van der Waals surface area contributed by atoms with Gasteiger partial charge in [-0.1, -0.05) is 33.3 Å². The average Bonchev–Trinajstić information content (AvgIpc) is 2.67. The molecule has 4 nitrogen and oxygen atoms in total. The second-order valence-electron chi connectivity index (χ2n) is 7.97. The fraction of sp³-hybridized carbons (Fsp3) is 0.652. The topological polar surface area (TPSA) is 52.9 Å². The van der Waals surface area contributed by atoms with Crippen LogP contribution in [-0.2, 0) is 5.60 Å². The number of aliphatic hydroxyl groups is 2. The van der Waals surface area contributed by atoms with Gasteiger partial charge in [-0.3, -0.25) is 0 Å². The van der Waals surface area contributed by atoms with Crippen molar-refractivity contribution in [3.63, 3.8) is 0 Å². The maximum atomic E-state index is 13.9. The molecule has 1 aliphatic rings. The third-order valence-corrected chi connectivity index (χ3v) is 5.06. The Morgan fingerprint density at radius 2 is 1.90 bits per heavy atom. The van der Waals surface area contributed by atoms with Crippen LogP contribution in [0.25, 0.3) is 0 Å². The minimum absolute atomic E-state index is 0.292. The number of ether oxygens (including phenoxy) is 1. The third kappa shape index (κ3) is 7.10. The van der Waals surface area contributed by atoms with Crippen molar-refractivity contribution in [3.8, 4) is 5.75 Å². The van der Waals surface area contributed by atoms with Crippen LogP contribution in [0, 0.1) is 5.82 Å². The van der Waals surface area contributed by atoms with Gasteiger partial charge < -0.3 is 19.8 Å². The van der Waals surface area contributed by atoms with Gasteiger partial charge in [0.1, 0.15) is 17.2 Å². The van der Waals surface area contributed by atoms with Gasteiger partial charge in [-0.15, -0.1) is 0 Å². The first-order valence-corrected chi connectivity index (χ1v) is 10.8. The smallest absolute Gasteiger partial charge is 0.419 e. The van der Waals surface area contributed by atoms with Crippen LogP contribution in [0.4, 0.5) is 17.6 Å². The van der Waals surface area contributed by atoms with Crippen LogP contribution in [0.3, 0.4) is 0 Å². The lowest BCUT2D eigenvalue weighted by molar-refractivity contribution is -0.279. The van der Waals surface area contributed by atoms with Gasteiger partial charge in [0.25, 0.3) is 0 Å². The minimum atomic E-state index is -4.91. The second kappa shape index (κ2) is 11.2. The monoisotopic (exact) mass is 449 g/mol. The molecule has 1 aromatic carbocycles. The first-order valence-electron chi connectivity index (χ1n) is 10.8. The van der Waals surface area contributed by atoms with Crippen molar-refractivity contribution in [1.82, 2.24) is 4.90 Å². The molecule has 0 saturated heterocycles. The molecule has 3 unspecified atom stereocenters. The van der Waals surface area contributed by atoms with E-state index in [9.17, 15) is 27.8 Å². The highest BCUT2D eigenvalue weighted by atomic mass is 19.4. The van der Waals surface area contributed by atoms with Gasteiger partial charge in [0, 0.05) is 18.5 Å². The zero-order valence-corrected chi connectivity index (χ0v) is 19.0. The summed E-state index contributed by atoms with van der Waals surface area (Å²) in [4.78, 5) is 1.41. The summed E-state index contributed by atoms with van der Waals surface area (Å²) in [6, 6.07) is 3.69. The van der Waals surface area contributed by atoms with E-state index in [1.165, 1.54) is 30.2 Å². The summed E-state index contributed by atoms with van der Waals surface area (Å²) in [7, 11) is 0. The standard InChI is InChI=1S/C21H29F4NO3.C2H6/c1-4-5-10-26(11-6-7-15(2)27)14-20(28,21(23,24)25)13-19(3)17-12-16(22)8-9-18(17)29-19;1-2/h6,8-9,11-12,15,27-28H,4-5,7,10,13-14H2,1-3H3;1-2H3/b11-6-;. The number of hydrogen-bond donors (Lipinski definition) is 2. The Morgan fingerprint density at radius 3 is 2.45 bits per heavy atom. The van der Waals surface area contributed by atoms with Crippen LogP contribution in [0.5, 0.6) is 5.75 Å². The Hall–Kier alpha value is -1.80. The largest absolute Gasteiger partial charge is 0.482 e. The number of fused-ring (bicyclic) bond motifs is 1. The highest BCUT2D eigenvalue weighted by molar-refractivity contribution is 5.46. The summed E-state index contributed by atoms with van der Waals surface area (Å²) in [5.41, 5.74) is -4.19. The second-order valence-corrected chi connectivity index (χ2v) is 7.97. The molecule has 0 spiro atoms. The lowest BCUT2D eigenvalue weighted by atomic mass is 9.78. The van der Waals surface area contributed by atoms with Crippen molar-refractivity contribution >= 4 is 0 Å². The van der Waals surface area contributed by atoms with Gasteiger partial charge in [-0.2, -0.15) is 13.2 Å².